The molecule has 1 aromatic heterocycles. The molecule has 1 aliphatic rings. The highest BCUT2D eigenvalue weighted by Gasteiger charge is 2.16. The molecule has 1 aromatic carbocycles. The summed E-state index contributed by atoms with van der Waals surface area (Å²) in [5, 5.41) is 3.35. The van der Waals surface area contributed by atoms with Crippen molar-refractivity contribution in [2.24, 2.45) is 0 Å². The van der Waals surface area contributed by atoms with Gasteiger partial charge in [-0.1, -0.05) is 12.1 Å². The summed E-state index contributed by atoms with van der Waals surface area (Å²) in [6, 6.07) is 8.10. The molecule has 0 atom stereocenters. The van der Waals surface area contributed by atoms with Gasteiger partial charge in [0.1, 0.15) is 24.5 Å². The highest BCUT2D eigenvalue weighted by atomic mass is 16.5. The predicted octanol–water partition coefficient (Wildman–Crippen LogP) is 2.76. The SMILES string of the molecule is Cc1cccc(OCCNc2ncnc3c2CCC3)c1. The Labute approximate surface area is 119 Å². The van der Waals surface area contributed by atoms with Gasteiger partial charge in [0.25, 0.3) is 0 Å². The third-order valence-corrected chi connectivity index (χ3v) is 3.53. The van der Waals surface area contributed by atoms with E-state index in [-0.39, 0.29) is 0 Å². The van der Waals surface area contributed by atoms with E-state index in [2.05, 4.69) is 28.3 Å². The zero-order valence-corrected chi connectivity index (χ0v) is 11.7. The molecule has 2 aromatic rings. The minimum Gasteiger partial charge on any atom is -0.492 e. The first-order valence-corrected chi connectivity index (χ1v) is 7.09. The Balaban J connectivity index is 1.52. The Hall–Kier alpha value is -2.10. The standard InChI is InChI=1S/C16H19N3O/c1-12-4-2-5-13(10-12)20-9-8-17-16-14-6-3-7-15(14)18-11-19-16/h2,4-5,10-11H,3,6-9H2,1H3,(H,17,18,19). The van der Waals surface area contributed by atoms with E-state index in [9.17, 15) is 0 Å². The largest absolute Gasteiger partial charge is 0.492 e. The van der Waals surface area contributed by atoms with Gasteiger partial charge in [-0.3, -0.25) is 0 Å². The maximum absolute atomic E-state index is 5.72. The van der Waals surface area contributed by atoms with E-state index in [0.717, 1.165) is 31.0 Å². The fraction of sp³-hybridized carbons (Fsp3) is 0.375. The number of rotatable bonds is 5. The summed E-state index contributed by atoms with van der Waals surface area (Å²) in [7, 11) is 0. The van der Waals surface area contributed by atoms with Crippen LogP contribution in [0, 0.1) is 6.92 Å². The van der Waals surface area contributed by atoms with E-state index in [1.54, 1.807) is 6.33 Å². The molecule has 4 heteroatoms. The zero-order chi connectivity index (χ0) is 13.8. The maximum Gasteiger partial charge on any atom is 0.132 e. The lowest BCUT2D eigenvalue weighted by Crippen LogP contribution is -2.14. The molecule has 20 heavy (non-hydrogen) atoms. The van der Waals surface area contributed by atoms with Gasteiger partial charge in [0.05, 0.1) is 6.54 Å². The van der Waals surface area contributed by atoms with Gasteiger partial charge >= 0.3 is 0 Å². The molecule has 0 amide bonds. The third-order valence-electron chi connectivity index (χ3n) is 3.53. The first kappa shape index (κ1) is 12.9. The zero-order valence-electron chi connectivity index (χ0n) is 11.7. The summed E-state index contributed by atoms with van der Waals surface area (Å²) in [4.78, 5) is 8.65. The Morgan fingerprint density at radius 1 is 1.25 bits per heavy atom. The number of hydrogen-bond acceptors (Lipinski definition) is 4. The highest BCUT2D eigenvalue weighted by Crippen LogP contribution is 2.24. The number of nitrogens with zero attached hydrogens (tertiary/aromatic N) is 2. The lowest BCUT2D eigenvalue weighted by atomic mass is 10.2. The van der Waals surface area contributed by atoms with Crippen molar-refractivity contribution in [1.82, 2.24) is 9.97 Å². The van der Waals surface area contributed by atoms with Crippen LogP contribution in [0.3, 0.4) is 0 Å². The van der Waals surface area contributed by atoms with Gasteiger partial charge in [-0.05, 0) is 43.9 Å². The molecule has 0 saturated heterocycles. The van der Waals surface area contributed by atoms with Crippen LogP contribution in [0.4, 0.5) is 5.82 Å². The quantitative estimate of drug-likeness (QED) is 0.848. The number of fused-ring (bicyclic) bond motifs is 1. The molecule has 1 N–H and O–H groups in total. The number of aromatic nitrogens is 2. The highest BCUT2D eigenvalue weighted by molar-refractivity contribution is 5.47. The van der Waals surface area contributed by atoms with Crippen molar-refractivity contribution in [3.05, 3.63) is 47.4 Å². The topological polar surface area (TPSA) is 47.0 Å². The molecule has 104 valence electrons. The van der Waals surface area contributed by atoms with Crippen LogP contribution < -0.4 is 10.1 Å². The number of ether oxygens (including phenoxy) is 1. The summed E-state index contributed by atoms with van der Waals surface area (Å²) < 4.78 is 5.72. The van der Waals surface area contributed by atoms with Crippen molar-refractivity contribution >= 4 is 5.82 Å². The summed E-state index contributed by atoms with van der Waals surface area (Å²) in [6.45, 7) is 3.44. The van der Waals surface area contributed by atoms with Crippen LogP contribution >= 0.6 is 0 Å². The monoisotopic (exact) mass is 269 g/mol. The Kier molecular flexibility index (Phi) is 3.81. The van der Waals surface area contributed by atoms with Gasteiger partial charge in [0.15, 0.2) is 0 Å². The van der Waals surface area contributed by atoms with Crippen LogP contribution in [0.5, 0.6) is 5.75 Å². The Morgan fingerprint density at radius 3 is 3.10 bits per heavy atom. The van der Waals surface area contributed by atoms with Crippen LogP contribution in [0.1, 0.15) is 23.2 Å². The normalized spacial score (nSPS) is 13.1. The molecule has 0 aliphatic heterocycles. The van der Waals surface area contributed by atoms with Crippen molar-refractivity contribution in [2.45, 2.75) is 26.2 Å². The fourth-order valence-corrected chi connectivity index (χ4v) is 2.56. The summed E-state index contributed by atoms with van der Waals surface area (Å²) in [6.07, 6.45) is 4.99. The second-order valence-corrected chi connectivity index (χ2v) is 5.09. The smallest absolute Gasteiger partial charge is 0.132 e. The minimum atomic E-state index is 0.627. The lowest BCUT2D eigenvalue weighted by Gasteiger charge is -2.10. The van der Waals surface area contributed by atoms with Crippen molar-refractivity contribution < 1.29 is 4.74 Å². The number of benzene rings is 1. The Morgan fingerprint density at radius 2 is 2.20 bits per heavy atom. The predicted molar refractivity (Wildman–Crippen MR) is 79.2 cm³/mol. The minimum absolute atomic E-state index is 0.627. The molecular formula is C16H19N3O. The second kappa shape index (κ2) is 5.90. The van der Waals surface area contributed by atoms with Crippen LogP contribution in [0.25, 0.3) is 0 Å². The molecule has 1 aliphatic carbocycles. The third kappa shape index (κ3) is 2.90. The van der Waals surface area contributed by atoms with Gasteiger partial charge in [-0.2, -0.15) is 0 Å². The molecule has 0 bridgehead atoms. The van der Waals surface area contributed by atoms with E-state index in [4.69, 9.17) is 4.74 Å². The molecule has 3 rings (SSSR count). The number of nitrogens with one attached hydrogen (secondary N) is 1. The molecule has 0 fully saturated rings. The average molecular weight is 269 g/mol. The first-order chi connectivity index (χ1) is 9.83. The first-order valence-electron chi connectivity index (χ1n) is 7.09. The summed E-state index contributed by atoms with van der Waals surface area (Å²) >= 11 is 0. The Bertz CT molecular complexity index is 598. The van der Waals surface area contributed by atoms with E-state index < -0.39 is 0 Å². The van der Waals surface area contributed by atoms with Gasteiger partial charge in [0.2, 0.25) is 0 Å². The van der Waals surface area contributed by atoms with Crippen LogP contribution in [0.15, 0.2) is 30.6 Å². The van der Waals surface area contributed by atoms with E-state index >= 15 is 0 Å². The van der Waals surface area contributed by atoms with Gasteiger partial charge in [-0.25, -0.2) is 9.97 Å². The maximum atomic E-state index is 5.72. The average Bonchev–Trinajstić information content (AvgIpc) is 2.93. The summed E-state index contributed by atoms with van der Waals surface area (Å²) in [5.74, 6) is 1.89. The van der Waals surface area contributed by atoms with Crippen molar-refractivity contribution in [1.29, 1.82) is 0 Å². The molecule has 0 spiro atoms. The van der Waals surface area contributed by atoms with Gasteiger partial charge in [-0.15, -0.1) is 0 Å². The van der Waals surface area contributed by atoms with E-state index in [1.807, 2.05) is 18.2 Å². The molecule has 4 nitrogen and oxygen atoms in total. The summed E-state index contributed by atoms with van der Waals surface area (Å²) in [5.41, 5.74) is 3.69. The molecular weight excluding hydrogens is 250 g/mol. The lowest BCUT2D eigenvalue weighted by molar-refractivity contribution is 0.332. The molecule has 1 heterocycles. The number of hydrogen-bond donors (Lipinski definition) is 1. The van der Waals surface area contributed by atoms with Gasteiger partial charge in [0, 0.05) is 11.3 Å². The fourth-order valence-electron chi connectivity index (χ4n) is 2.56. The van der Waals surface area contributed by atoms with Crippen LogP contribution in [0.2, 0.25) is 0 Å². The molecule has 0 unspecified atom stereocenters. The van der Waals surface area contributed by atoms with Crippen molar-refractivity contribution in [3.8, 4) is 5.75 Å². The van der Waals surface area contributed by atoms with E-state index in [1.165, 1.54) is 23.2 Å². The van der Waals surface area contributed by atoms with Gasteiger partial charge < -0.3 is 10.1 Å². The molecule has 0 saturated carbocycles. The number of anilines is 1. The van der Waals surface area contributed by atoms with Crippen molar-refractivity contribution in [2.75, 3.05) is 18.5 Å². The molecule has 0 radical (unpaired) electrons. The van der Waals surface area contributed by atoms with Crippen LogP contribution in [-0.2, 0) is 12.8 Å². The second-order valence-electron chi connectivity index (χ2n) is 5.09. The number of aryl methyl sites for hydroxylation is 2. The van der Waals surface area contributed by atoms with Crippen molar-refractivity contribution in [3.63, 3.8) is 0 Å². The van der Waals surface area contributed by atoms with E-state index in [0.29, 0.717) is 6.61 Å². The van der Waals surface area contributed by atoms with Crippen LogP contribution in [-0.4, -0.2) is 23.1 Å².